The number of rotatable bonds is 1. The summed E-state index contributed by atoms with van der Waals surface area (Å²) in [7, 11) is 1.88. The lowest BCUT2D eigenvalue weighted by Gasteiger charge is -2.33. The molecule has 1 fully saturated rings. The van der Waals surface area contributed by atoms with Crippen LogP contribution in [0.1, 0.15) is 31.5 Å². The van der Waals surface area contributed by atoms with Crippen molar-refractivity contribution in [1.82, 2.24) is 15.1 Å². The van der Waals surface area contributed by atoms with Gasteiger partial charge in [0, 0.05) is 19.2 Å². The van der Waals surface area contributed by atoms with E-state index in [-0.39, 0.29) is 5.41 Å². The standard InChI is InChI=1S/C13H20ClN3/c1-9-11(12(14)17(4)16-9)7-10-5-6-15-8-13(10,2)3/h7,15H,5-6,8H2,1-4H3/b10-7-. The van der Waals surface area contributed by atoms with Crippen molar-refractivity contribution in [2.45, 2.75) is 27.2 Å². The molecule has 1 aliphatic heterocycles. The van der Waals surface area contributed by atoms with Crippen LogP contribution in [0.2, 0.25) is 5.15 Å². The minimum atomic E-state index is 0.198. The van der Waals surface area contributed by atoms with Crippen LogP contribution in [0.3, 0.4) is 0 Å². The van der Waals surface area contributed by atoms with Gasteiger partial charge in [0.15, 0.2) is 0 Å². The summed E-state index contributed by atoms with van der Waals surface area (Å²) in [5.41, 5.74) is 3.72. The van der Waals surface area contributed by atoms with Crippen molar-refractivity contribution in [3.63, 3.8) is 0 Å². The van der Waals surface area contributed by atoms with Crippen LogP contribution in [-0.2, 0) is 7.05 Å². The van der Waals surface area contributed by atoms with E-state index >= 15 is 0 Å². The van der Waals surface area contributed by atoms with Crippen molar-refractivity contribution in [3.8, 4) is 0 Å². The number of aromatic nitrogens is 2. The number of hydrogen-bond donors (Lipinski definition) is 1. The maximum Gasteiger partial charge on any atom is 0.134 e. The average Bonchev–Trinajstić information content (AvgIpc) is 2.47. The van der Waals surface area contributed by atoms with Crippen LogP contribution in [0.25, 0.3) is 6.08 Å². The van der Waals surface area contributed by atoms with Crippen molar-refractivity contribution < 1.29 is 0 Å². The zero-order valence-electron chi connectivity index (χ0n) is 11.0. The van der Waals surface area contributed by atoms with Gasteiger partial charge in [-0.15, -0.1) is 0 Å². The van der Waals surface area contributed by atoms with Crippen LogP contribution in [0.15, 0.2) is 5.57 Å². The van der Waals surface area contributed by atoms with Crippen LogP contribution >= 0.6 is 11.6 Å². The van der Waals surface area contributed by atoms with E-state index in [2.05, 4.69) is 30.3 Å². The van der Waals surface area contributed by atoms with Crippen LogP contribution in [0.5, 0.6) is 0 Å². The van der Waals surface area contributed by atoms with Gasteiger partial charge in [0.05, 0.1) is 5.69 Å². The molecule has 0 atom stereocenters. The molecule has 4 heteroatoms. The molecule has 1 aliphatic rings. The molecule has 0 amide bonds. The Morgan fingerprint density at radius 1 is 1.47 bits per heavy atom. The number of nitrogens with one attached hydrogen (secondary N) is 1. The summed E-state index contributed by atoms with van der Waals surface area (Å²) in [6, 6.07) is 0. The fraction of sp³-hybridized carbons (Fsp3) is 0.615. The molecule has 1 saturated heterocycles. The summed E-state index contributed by atoms with van der Waals surface area (Å²) >= 11 is 6.27. The monoisotopic (exact) mass is 253 g/mol. The second-order valence-corrected chi connectivity index (χ2v) is 5.75. The molecule has 0 bridgehead atoms. The molecule has 0 unspecified atom stereocenters. The molecule has 2 rings (SSSR count). The zero-order chi connectivity index (χ0) is 12.6. The molecule has 1 N–H and O–H groups in total. The lowest BCUT2D eigenvalue weighted by Crippen LogP contribution is -2.37. The first-order valence-electron chi connectivity index (χ1n) is 6.02. The van der Waals surface area contributed by atoms with Gasteiger partial charge in [0.2, 0.25) is 0 Å². The first-order valence-corrected chi connectivity index (χ1v) is 6.40. The summed E-state index contributed by atoms with van der Waals surface area (Å²) in [5, 5.41) is 8.51. The van der Waals surface area contributed by atoms with E-state index < -0.39 is 0 Å². The molecule has 3 nitrogen and oxygen atoms in total. The first kappa shape index (κ1) is 12.7. The SMILES string of the molecule is Cc1nn(C)c(Cl)c1/C=C1/CCNCC1(C)C. The Balaban J connectivity index is 2.41. The Hall–Kier alpha value is -0.800. The molecule has 2 heterocycles. The predicted molar refractivity (Wildman–Crippen MR) is 72.2 cm³/mol. The summed E-state index contributed by atoms with van der Waals surface area (Å²) in [6.07, 6.45) is 3.31. The average molecular weight is 254 g/mol. The van der Waals surface area contributed by atoms with Gasteiger partial charge in [-0.2, -0.15) is 5.10 Å². The predicted octanol–water partition coefficient (Wildman–Crippen LogP) is 2.78. The first-order chi connectivity index (χ1) is 7.92. The Bertz CT molecular complexity index is 457. The van der Waals surface area contributed by atoms with Crippen LogP contribution < -0.4 is 5.32 Å². The van der Waals surface area contributed by atoms with E-state index in [0.717, 1.165) is 35.9 Å². The summed E-state index contributed by atoms with van der Waals surface area (Å²) < 4.78 is 1.73. The topological polar surface area (TPSA) is 29.9 Å². The Morgan fingerprint density at radius 3 is 2.71 bits per heavy atom. The van der Waals surface area contributed by atoms with E-state index in [0.29, 0.717) is 0 Å². The molecule has 94 valence electrons. The van der Waals surface area contributed by atoms with Crippen molar-refractivity contribution >= 4 is 17.7 Å². The fourth-order valence-electron chi connectivity index (χ4n) is 2.33. The normalized spacial score (nSPS) is 22.1. The Morgan fingerprint density at radius 2 is 2.18 bits per heavy atom. The van der Waals surface area contributed by atoms with Crippen LogP contribution in [-0.4, -0.2) is 22.9 Å². The largest absolute Gasteiger partial charge is 0.316 e. The zero-order valence-corrected chi connectivity index (χ0v) is 11.7. The van der Waals surface area contributed by atoms with Gasteiger partial charge in [0.25, 0.3) is 0 Å². The highest BCUT2D eigenvalue weighted by atomic mass is 35.5. The molecule has 17 heavy (non-hydrogen) atoms. The molecule has 1 aromatic heterocycles. The highest BCUT2D eigenvalue weighted by Gasteiger charge is 2.26. The highest BCUT2D eigenvalue weighted by Crippen LogP contribution is 2.34. The van der Waals surface area contributed by atoms with E-state index in [9.17, 15) is 0 Å². The second kappa shape index (κ2) is 4.46. The van der Waals surface area contributed by atoms with Gasteiger partial charge in [0.1, 0.15) is 5.15 Å². The highest BCUT2D eigenvalue weighted by molar-refractivity contribution is 6.31. The quantitative estimate of drug-likeness (QED) is 0.834. The molecule has 0 aromatic carbocycles. The van der Waals surface area contributed by atoms with Gasteiger partial charge in [-0.3, -0.25) is 4.68 Å². The van der Waals surface area contributed by atoms with Crippen LogP contribution in [0.4, 0.5) is 0 Å². The van der Waals surface area contributed by atoms with Gasteiger partial charge < -0.3 is 5.32 Å². The van der Waals surface area contributed by atoms with Crippen molar-refractivity contribution in [2.75, 3.05) is 13.1 Å². The Labute approximate surface area is 108 Å². The molecular weight excluding hydrogens is 234 g/mol. The van der Waals surface area contributed by atoms with Crippen molar-refractivity contribution in [2.24, 2.45) is 12.5 Å². The fourth-order valence-corrected chi connectivity index (χ4v) is 2.56. The maximum atomic E-state index is 6.27. The van der Waals surface area contributed by atoms with Gasteiger partial charge in [-0.1, -0.05) is 37.1 Å². The van der Waals surface area contributed by atoms with Crippen molar-refractivity contribution in [1.29, 1.82) is 0 Å². The minimum absolute atomic E-state index is 0.198. The minimum Gasteiger partial charge on any atom is -0.316 e. The molecule has 0 radical (unpaired) electrons. The van der Waals surface area contributed by atoms with E-state index in [1.54, 1.807) is 4.68 Å². The molecule has 0 aliphatic carbocycles. The van der Waals surface area contributed by atoms with Gasteiger partial charge in [-0.25, -0.2) is 0 Å². The molecule has 0 spiro atoms. The third-order valence-electron chi connectivity index (χ3n) is 3.52. The maximum absolute atomic E-state index is 6.27. The Kier molecular flexibility index (Phi) is 3.32. The molecular formula is C13H20ClN3. The lowest BCUT2D eigenvalue weighted by molar-refractivity contribution is 0.360. The van der Waals surface area contributed by atoms with E-state index in [1.807, 2.05) is 14.0 Å². The number of piperidine rings is 1. The summed E-state index contributed by atoms with van der Waals surface area (Å²) in [6.45, 7) is 8.61. The number of halogens is 1. The number of nitrogens with zero attached hydrogens (tertiary/aromatic N) is 2. The third kappa shape index (κ3) is 2.40. The van der Waals surface area contributed by atoms with E-state index in [1.165, 1.54) is 5.57 Å². The van der Waals surface area contributed by atoms with Gasteiger partial charge in [-0.05, 0) is 25.3 Å². The molecule has 0 saturated carbocycles. The smallest absolute Gasteiger partial charge is 0.134 e. The number of hydrogen-bond acceptors (Lipinski definition) is 2. The summed E-state index contributed by atoms with van der Waals surface area (Å²) in [5.74, 6) is 0. The summed E-state index contributed by atoms with van der Waals surface area (Å²) in [4.78, 5) is 0. The second-order valence-electron chi connectivity index (χ2n) is 5.39. The number of aryl methyl sites for hydroxylation is 2. The molecule has 1 aromatic rings. The van der Waals surface area contributed by atoms with Gasteiger partial charge >= 0.3 is 0 Å². The van der Waals surface area contributed by atoms with Crippen LogP contribution in [0, 0.1) is 12.3 Å². The third-order valence-corrected chi connectivity index (χ3v) is 3.97. The van der Waals surface area contributed by atoms with Crippen molar-refractivity contribution in [3.05, 3.63) is 22.0 Å². The van der Waals surface area contributed by atoms with E-state index in [4.69, 9.17) is 11.6 Å². The lowest BCUT2D eigenvalue weighted by atomic mass is 9.79.